The number of nitrogens with zero attached hydrogens (tertiary/aromatic N) is 2. The van der Waals surface area contributed by atoms with E-state index >= 15 is 0 Å². The van der Waals surface area contributed by atoms with Crippen LogP contribution in [-0.4, -0.2) is 43.6 Å². The molecular weight excluding hydrogens is 480 g/mol. The van der Waals surface area contributed by atoms with E-state index in [2.05, 4.69) is 0 Å². The number of hydrogen-bond donors (Lipinski definition) is 1. The third-order valence-corrected chi connectivity index (χ3v) is 6.84. The number of benzene rings is 3. The topological polar surface area (TPSA) is 79.3 Å². The summed E-state index contributed by atoms with van der Waals surface area (Å²) in [6.07, 6.45) is 1.72. The van der Waals surface area contributed by atoms with Crippen molar-refractivity contribution in [2.45, 2.75) is 38.8 Å². The van der Waals surface area contributed by atoms with E-state index in [0.717, 1.165) is 35.4 Å². The van der Waals surface area contributed by atoms with Gasteiger partial charge < -0.3 is 19.5 Å². The Morgan fingerprint density at radius 2 is 1.74 bits per heavy atom. The Morgan fingerprint density at radius 1 is 1.03 bits per heavy atom. The van der Waals surface area contributed by atoms with Gasteiger partial charge in [0.1, 0.15) is 17.3 Å². The standard InChI is InChI=1S/C31H32N2O5/c1-19(2)38-25-14-12-24(13-15-25)33-28(20-7-10-23(11-8-20)32(3)4)27(30(35)31(33)36)29(34)22-9-16-26-21(18-22)6-5-17-37-26/h7-16,18-19,28,34H,5-6,17H2,1-4H3/b29-27-. The fourth-order valence-electron chi connectivity index (χ4n) is 4.99. The Labute approximate surface area is 222 Å². The Morgan fingerprint density at radius 3 is 2.39 bits per heavy atom. The monoisotopic (exact) mass is 512 g/mol. The van der Waals surface area contributed by atoms with Gasteiger partial charge in [-0.1, -0.05) is 12.1 Å². The first-order chi connectivity index (χ1) is 18.2. The summed E-state index contributed by atoms with van der Waals surface area (Å²) in [5.74, 6) is -0.148. The number of aryl methyl sites for hydroxylation is 1. The zero-order valence-corrected chi connectivity index (χ0v) is 22.1. The average Bonchev–Trinajstić information content (AvgIpc) is 3.18. The first kappa shape index (κ1) is 25.4. The maximum Gasteiger partial charge on any atom is 0.300 e. The predicted octanol–water partition coefficient (Wildman–Crippen LogP) is 5.49. The largest absolute Gasteiger partial charge is 0.507 e. The highest BCUT2D eigenvalue weighted by atomic mass is 16.5. The molecule has 1 unspecified atom stereocenters. The molecule has 0 saturated carbocycles. The fraction of sp³-hybridized carbons (Fsp3) is 0.290. The summed E-state index contributed by atoms with van der Waals surface area (Å²) in [5, 5.41) is 11.5. The molecule has 7 nitrogen and oxygen atoms in total. The quantitative estimate of drug-likeness (QED) is 0.267. The molecule has 1 amide bonds. The normalized spacial score (nSPS) is 18.3. The number of anilines is 2. The van der Waals surface area contributed by atoms with Gasteiger partial charge in [-0.05, 0) is 92.4 Å². The molecule has 0 radical (unpaired) electrons. The summed E-state index contributed by atoms with van der Waals surface area (Å²) >= 11 is 0. The van der Waals surface area contributed by atoms with E-state index in [9.17, 15) is 14.7 Å². The summed E-state index contributed by atoms with van der Waals surface area (Å²) in [4.78, 5) is 30.4. The molecule has 2 aliphatic heterocycles. The molecule has 2 heterocycles. The highest BCUT2D eigenvalue weighted by Crippen LogP contribution is 2.43. The van der Waals surface area contributed by atoms with Crippen molar-refractivity contribution < 1.29 is 24.2 Å². The molecule has 5 rings (SSSR count). The molecule has 3 aromatic rings. The molecule has 0 bridgehead atoms. The number of aliphatic hydroxyl groups is 1. The molecule has 0 spiro atoms. The van der Waals surface area contributed by atoms with Crippen LogP contribution < -0.4 is 19.3 Å². The minimum absolute atomic E-state index is 0.00677. The number of fused-ring (bicyclic) bond motifs is 1. The number of aliphatic hydroxyl groups excluding tert-OH is 1. The van der Waals surface area contributed by atoms with Crippen LogP contribution in [0.1, 0.15) is 43.0 Å². The van der Waals surface area contributed by atoms with Crippen LogP contribution in [0, 0.1) is 0 Å². The molecule has 1 saturated heterocycles. The number of ether oxygens (including phenoxy) is 2. The summed E-state index contributed by atoms with van der Waals surface area (Å²) in [7, 11) is 3.89. The van der Waals surface area contributed by atoms with Gasteiger partial charge in [0, 0.05) is 31.0 Å². The Bertz CT molecular complexity index is 1390. The summed E-state index contributed by atoms with van der Waals surface area (Å²) in [5.41, 5.74) is 3.77. The second kappa shape index (κ2) is 10.2. The molecule has 7 heteroatoms. The zero-order valence-electron chi connectivity index (χ0n) is 22.1. The van der Waals surface area contributed by atoms with Gasteiger partial charge in [0.25, 0.3) is 11.7 Å². The number of Topliss-reactive ketones (excluding diaryl/α,β-unsaturated/α-hetero) is 1. The van der Waals surface area contributed by atoms with Crippen molar-refractivity contribution in [1.29, 1.82) is 0 Å². The number of ketones is 1. The highest BCUT2D eigenvalue weighted by Gasteiger charge is 2.47. The van der Waals surface area contributed by atoms with Crippen LogP contribution in [0.3, 0.4) is 0 Å². The lowest BCUT2D eigenvalue weighted by molar-refractivity contribution is -0.132. The number of carbonyl (C=O) groups excluding carboxylic acids is 2. The molecule has 1 N–H and O–H groups in total. The highest BCUT2D eigenvalue weighted by molar-refractivity contribution is 6.51. The maximum absolute atomic E-state index is 13.5. The van der Waals surface area contributed by atoms with Crippen molar-refractivity contribution in [2.24, 2.45) is 0 Å². The van der Waals surface area contributed by atoms with Crippen molar-refractivity contribution in [3.63, 3.8) is 0 Å². The molecule has 38 heavy (non-hydrogen) atoms. The number of hydrogen-bond acceptors (Lipinski definition) is 6. The van der Waals surface area contributed by atoms with E-state index in [4.69, 9.17) is 9.47 Å². The van der Waals surface area contributed by atoms with Crippen LogP contribution in [0.4, 0.5) is 11.4 Å². The van der Waals surface area contributed by atoms with E-state index in [-0.39, 0.29) is 17.4 Å². The van der Waals surface area contributed by atoms with Crippen molar-refractivity contribution >= 4 is 28.8 Å². The van der Waals surface area contributed by atoms with Crippen LogP contribution in [0.5, 0.6) is 11.5 Å². The molecule has 196 valence electrons. The van der Waals surface area contributed by atoms with Crippen molar-refractivity contribution in [3.05, 3.63) is 89.0 Å². The van der Waals surface area contributed by atoms with Gasteiger partial charge in [-0.15, -0.1) is 0 Å². The summed E-state index contributed by atoms with van der Waals surface area (Å²) in [6.45, 7) is 4.54. The van der Waals surface area contributed by atoms with Crippen LogP contribution in [-0.2, 0) is 16.0 Å². The van der Waals surface area contributed by atoms with E-state index in [1.807, 2.05) is 69.2 Å². The van der Waals surface area contributed by atoms with E-state index < -0.39 is 17.7 Å². The molecule has 3 aromatic carbocycles. The van der Waals surface area contributed by atoms with Crippen molar-refractivity contribution in [1.82, 2.24) is 0 Å². The summed E-state index contributed by atoms with van der Waals surface area (Å²) < 4.78 is 11.5. The smallest absolute Gasteiger partial charge is 0.300 e. The minimum atomic E-state index is -0.796. The van der Waals surface area contributed by atoms with Gasteiger partial charge in [0.05, 0.1) is 24.3 Å². The Kier molecular flexibility index (Phi) is 6.85. The van der Waals surface area contributed by atoms with Gasteiger partial charge in [-0.3, -0.25) is 14.5 Å². The van der Waals surface area contributed by atoms with Crippen molar-refractivity contribution in [3.8, 4) is 11.5 Å². The number of rotatable bonds is 6. The fourth-order valence-corrected chi connectivity index (χ4v) is 4.99. The van der Waals surface area contributed by atoms with Gasteiger partial charge in [-0.2, -0.15) is 0 Å². The average molecular weight is 513 g/mol. The molecule has 1 atom stereocenters. The second-order valence-corrected chi connectivity index (χ2v) is 10.1. The van der Waals surface area contributed by atoms with Crippen LogP contribution in [0.15, 0.2) is 72.3 Å². The van der Waals surface area contributed by atoms with E-state index in [0.29, 0.717) is 23.6 Å². The lowest BCUT2D eigenvalue weighted by atomic mass is 9.93. The van der Waals surface area contributed by atoms with E-state index in [1.165, 1.54) is 4.90 Å². The lowest BCUT2D eigenvalue weighted by Gasteiger charge is -2.26. The number of amides is 1. The Balaban J connectivity index is 1.63. The van der Waals surface area contributed by atoms with Crippen LogP contribution in [0.2, 0.25) is 0 Å². The SMILES string of the molecule is CC(C)Oc1ccc(N2C(=O)C(=O)/C(=C(\O)c3ccc4c(c3)CCCO4)C2c2ccc(N(C)C)cc2)cc1. The van der Waals surface area contributed by atoms with Gasteiger partial charge in [0.2, 0.25) is 0 Å². The molecular formula is C31H32N2O5. The maximum atomic E-state index is 13.5. The third-order valence-electron chi connectivity index (χ3n) is 6.84. The first-order valence-electron chi connectivity index (χ1n) is 12.9. The van der Waals surface area contributed by atoms with Crippen LogP contribution in [0.25, 0.3) is 5.76 Å². The zero-order chi connectivity index (χ0) is 27.0. The minimum Gasteiger partial charge on any atom is -0.507 e. The summed E-state index contributed by atoms with van der Waals surface area (Å²) in [6, 6.07) is 19.3. The molecule has 0 aliphatic carbocycles. The predicted molar refractivity (Wildman–Crippen MR) is 148 cm³/mol. The lowest BCUT2D eigenvalue weighted by Crippen LogP contribution is -2.29. The molecule has 0 aromatic heterocycles. The van der Waals surface area contributed by atoms with Gasteiger partial charge in [-0.25, -0.2) is 0 Å². The van der Waals surface area contributed by atoms with Crippen LogP contribution >= 0.6 is 0 Å². The molecule has 1 fully saturated rings. The van der Waals surface area contributed by atoms with Gasteiger partial charge >= 0.3 is 0 Å². The van der Waals surface area contributed by atoms with E-state index in [1.54, 1.807) is 30.3 Å². The second-order valence-electron chi connectivity index (χ2n) is 10.1. The van der Waals surface area contributed by atoms with Crippen molar-refractivity contribution in [2.75, 3.05) is 30.5 Å². The molecule has 2 aliphatic rings. The Hall–Kier alpha value is -4.26. The van der Waals surface area contributed by atoms with Gasteiger partial charge in [0.15, 0.2) is 0 Å². The first-order valence-corrected chi connectivity index (χ1v) is 12.9. The third kappa shape index (κ3) is 4.72. The number of carbonyl (C=O) groups is 2.